The third-order valence-electron chi connectivity index (χ3n) is 2.41. The molecule has 5 heteroatoms. The average Bonchev–Trinajstić information content (AvgIpc) is 2.48. The van der Waals surface area contributed by atoms with Crippen LogP contribution in [0.5, 0.6) is 0 Å². The molecule has 0 spiro atoms. The molecule has 0 bridgehead atoms. The lowest BCUT2D eigenvalue weighted by Crippen LogP contribution is -2.45. The largest absolute Gasteiger partial charge is 0.459 e. The van der Waals surface area contributed by atoms with Crippen LogP contribution >= 0.6 is 0 Å². The lowest BCUT2D eigenvalue weighted by atomic mass is 10.2. The average molecular weight is 230 g/mol. The van der Waals surface area contributed by atoms with Crippen molar-refractivity contribution < 1.29 is 14.6 Å². The number of likely N-dealkylation sites (tertiary alicyclic amines) is 1. The Hall–Kier alpha value is -0.650. The van der Waals surface area contributed by atoms with Crippen LogP contribution in [0.25, 0.3) is 0 Å². The highest BCUT2D eigenvalue weighted by atomic mass is 16.6. The molecule has 0 aromatic carbocycles. The molecule has 1 saturated heterocycles. The van der Waals surface area contributed by atoms with Crippen molar-refractivity contribution in [3.8, 4) is 0 Å². The van der Waals surface area contributed by atoms with Crippen LogP contribution in [0.1, 0.15) is 27.2 Å². The number of nitrogens with zero attached hydrogens (tertiary/aromatic N) is 1. The molecule has 94 valence electrons. The number of β-amino-alcohol motifs (C(OH)–C–C–N with tert-alkyl or cyclic N) is 1. The van der Waals surface area contributed by atoms with Gasteiger partial charge in [0.05, 0.1) is 6.10 Å². The van der Waals surface area contributed by atoms with Crippen LogP contribution in [0.15, 0.2) is 0 Å². The van der Waals surface area contributed by atoms with Crippen molar-refractivity contribution in [3.05, 3.63) is 0 Å². The van der Waals surface area contributed by atoms with Gasteiger partial charge >= 0.3 is 5.97 Å². The van der Waals surface area contributed by atoms with E-state index in [1.807, 2.05) is 25.7 Å². The fraction of sp³-hybridized carbons (Fsp3) is 0.909. The SMILES string of the molecule is CC(C)(C)OC(=O)C(N)CN1CC[C@@H](O)C1. The summed E-state index contributed by atoms with van der Waals surface area (Å²) in [6.07, 6.45) is 0.465. The van der Waals surface area contributed by atoms with Crippen molar-refractivity contribution in [1.82, 2.24) is 4.90 Å². The smallest absolute Gasteiger partial charge is 0.324 e. The van der Waals surface area contributed by atoms with Gasteiger partial charge in [0.2, 0.25) is 0 Å². The highest BCUT2D eigenvalue weighted by Gasteiger charge is 2.27. The molecular formula is C11H22N2O3. The first-order valence-electron chi connectivity index (χ1n) is 5.67. The van der Waals surface area contributed by atoms with E-state index in [1.165, 1.54) is 0 Å². The van der Waals surface area contributed by atoms with E-state index >= 15 is 0 Å². The molecule has 2 atom stereocenters. The maximum absolute atomic E-state index is 11.6. The number of rotatable bonds is 3. The summed E-state index contributed by atoms with van der Waals surface area (Å²) < 4.78 is 5.18. The van der Waals surface area contributed by atoms with Gasteiger partial charge in [-0.25, -0.2) is 0 Å². The zero-order valence-corrected chi connectivity index (χ0v) is 10.3. The van der Waals surface area contributed by atoms with Gasteiger partial charge in [0.15, 0.2) is 0 Å². The molecule has 1 aliphatic heterocycles. The molecule has 3 N–H and O–H groups in total. The Kier molecular flexibility index (Phi) is 4.29. The topological polar surface area (TPSA) is 75.8 Å². The van der Waals surface area contributed by atoms with E-state index in [4.69, 9.17) is 10.5 Å². The molecule has 0 saturated carbocycles. The number of aliphatic hydroxyl groups is 1. The Labute approximate surface area is 96.6 Å². The number of carbonyl (C=O) groups excluding carboxylic acids is 1. The first-order chi connectivity index (χ1) is 7.28. The summed E-state index contributed by atoms with van der Waals surface area (Å²) in [5, 5.41) is 9.34. The summed E-state index contributed by atoms with van der Waals surface area (Å²) >= 11 is 0. The number of carbonyl (C=O) groups is 1. The fourth-order valence-electron chi connectivity index (χ4n) is 1.71. The lowest BCUT2D eigenvalue weighted by molar-refractivity contribution is -0.156. The van der Waals surface area contributed by atoms with Gasteiger partial charge in [0, 0.05) is 19.6 Å². The summed E-state index contributed by atoms with van der Waals surface area (Å²) in [6.45, 7) is 7.28. The number of hydrogen-bond donors (Lipinski definition) is 2. The minimum Gasteiger partial charge on any atom is -0.459 e. The Bertz CT molecular complexity index is 250. The maximum atomic E-state index is 11.6. The van der Waals surface area contributed by atoms with Gasteiger partial charge in [-0.1, -0.05) is 0 Å². The van der Waals surface area contributed by atoms with Crippen molar-refractivity contribution in [3.63, 3.8) is 0 Å². The van der Waals surface area contributed by atoms with Crippen LogP contribution in [0.3, 0.4) is 0 Å². The van der Waals surface area contributed by atoms with Gasteiger partial charge < -0.3 is 15.6 Å². The predicted molar refractivity (Wildman–Crippen MR) is 60.9 cm³/mol. The zero-order valence-electron chi connectivity index (χ0n) is 10.3. The second-order valence-electron chi connectivity index (χ2n) is 5.34. The Morgan fingerprint density at radius 3 is 2.69 bits per heavy atom. The minimum atomic E-state index is -0.635. The predicted octanol–water partition coefficient (Wildman–Crippen LogP) is -0.278. The summed E-state index contributed by atoms with van der Waals surface area (Å²) in [5.74, 6) is -0.381. The first kappa shape index (κ1) is 13.4. The zero-order chi connectivity index (χ0) is 12.3. The Morgan fingerprint density at radius 1 is 1.62 bits per heavy atom. The van der Waals surface area contributed by atoms with E-state index in [2.05, 4.69) is 0 Å². The van der Waals surface area contributed by atoms with E-state index in [9.17, 15) is 9.90 Å². The van der Waals surface area contributed by atoms with Crippen LogP contribution in [-0.4, -0.2) is 53.4 Å². The third-order valence-corrected chi connectivity index (χ3v) is 2.41. The molecule has 5 nitrogen and oxygen atoms in total. The molecule has 16 heavy (non-hydrogen) atoms. The highest BCUT2D eigenvalue weighted by Crippen LogP contribution is 2.11. The summed E-state index contributed by atoms with van der Waals surface area (Å²) in [4.78, 5) is 13.6. The molecule has 0 radical (unpaired) electrons. The van der Waals surface area contributed by atoms with Crippen molar-refractivity contribution in [2.24, 2.45) is 5.73 Å². The van der Waals surface area contributed by atoms with E-state index < -0.39 is 11.6 Å². The van der Waals surface area contributed by atoms with Crippen LogP contribution in [0.2, 0.25) is 0 Å². The lowest BCUT2D eigenvalue weighted by Gasteiger charge is -2.24. The molecule has 0 aromatic heterocycles. The van der Waals surface area contributed by atoms with Crippen LogP contribution < -0.4 is 5.73 Å². The first-order valence-corrected chi connectivity index (χ1v) is 5.67. The number of nitrogens with two attached hydrogens (primary N) is 1. The van der Waals surface area contributed by atoms with E-state index in [1.54, 1.807) is 0 Å². The van der Waals surface area contributed by atoms with E-state index in [-0.39, 0.29) is 12.1 Å². The molecule has 0 amide bonds. The molecule has 1 aliphatic rings. The van der Waals surface area contributed by atoms with Crippen molar-refractivity contribution >= 4 is 5.97 Å². The molecule has 0 aromatic rings. The molecule has 1 rings (SSSR count). The highest BCUT2D eigenvalue weighted by molar-refractivity contribution is 5.76. The molecule has 0 aliphatic carbocycles. The van der Waals surface area contributed by atoms with Gasteiger partial charge in [-0.15, -0.1) is 0 Å². The summed E-state index contributed by atoms with van der Waals surface area (Å²) in [5.41, 5.74) is 5.25. The molecule has 1 fully saturated rings. The van der Waals surface area contributed by atoms with E-state index in [0.29, 0.717) is 13.1 Å². The van der Waals surface area contributed by atoms with Crippen molar-refractivity contribution in [2.75, 3.05) is 19.6 Å². The second-order valence-corrected chi connectivity index (χ2v) is 5.34. The molecule has 1 heterocycles. The number of esters is 1. The Morgan fingerprint density at radius 2 is 2.25 bits per heavy atom. The normalized spacial score (nSPS) is 24.4. The monoisotopic (exact) mass is 230 g/mol. The standard InChI is InChI=1S/C11H22N2O3/c1-11(2,3)16-10(15)9(12)7-13-5-4-8(14)6-13/h8-9,14H,4-7,12H2,1-3H3/t8-,9?/m1/s1. The fourth-order valence-corrected chi connectivity index (χ4v) is 1.71. The van der Waals surface area contributed by atoms with Gasteiger partial charge in [-0.2, -0.15) is 0 Å². The van der Waals surface area contributed by atoms with Gasteiger partial charge in [0.25, 0.3) is 0 Å². The van der Waals surface area contributed by atoms with Crippen LogP contribution in [0.4, 0.5) is 0 Å². The Balaban J connectivity index is 2.34. The van der Waals surface area contributed by atoms with Crippen LogP contribution in [-0.2, 0) is 9.53 Å². The third kappa shape index (κ3) is 4.47. The molecular weight excluding hydrogens is 208 g/mol. The van der Waals surface area contributed by atoms with Gasteiger partial charge in [-0.3, -0.25) is 9.69 Å². The van der Waals surface area contributed by atoms with Crippen molar-refractivity contribution in [1.29, 1.82) is 0 Å². The maximum Gasteiger partial charge on any atom is 0.324 e. The molecule has 1 unspecified atom stereocenters. The minimum absolute atomic E-state index is 0.286. The number of aliphatic hydroxyl groups excluding tert-OH is 1. The number of hydrogen-bond acceptors (Lipinski definition) is 5. The summed E-state index contributed by atoms with van der Waals surface area (Å²) in [6, 6.07) is -0.635. The van der Waals surface area contributed by atoms with Crippen molar-refractivity contribution in [2.45, 2.75) is 44.9 Å². The van der Waals surface area contributed by atoms with Gasteiger partial charge in [0.1, 0.15) is 11.6 Å². The second kappa shape index (κ2) is 5.12. The summed E-state index contributed by atoms with van der Waals surface area (Å²) in [7, 11) is 0. The number of ether oxygens (including phenoxy) is 1. The van der Waals surface area contributed by atoms with Gasteiger partial charge in [-0.05, 0) is 27.2 Å². The van der Waals surface area contributed by atoms with Crippen LogP contribution in [0, 0.1) is 0 Å². The van der Waals surface area contributed by atoms with E-state index in [0.717, 1.165) is 13.0 Å². The quantitative estimate of drug-likeness (QED) is 0.652.